The zero-order chi connectivity index (χ0) is 32.5. The fourth-order valence-corrected chi connectivity index (χ4v) is 5.46. The number of hydrogen-bond donors (Lipinski definition) is 4. The number of carbonyl (C=O) groups is 4. The molecule has 0 saturated carbocycles. The van der Waals surface area contributed by atoms with Crippen LogP contribution < -0.4 is 20.7 Å². The van der Waals surface area contributed by atoms with E-state index in [1.54, 1.807) is 24.3 Å². The van der Waals surface area contributed by atoms with Crippen molar-refractivity contribution in [3.8, 4) is 11.5 Å². The van der Waals surface area contributed by atoms with Gasteiger partial charge >= 0.3 is 12.2 Å². The number of anilines is 1. The van der Waals surface area contributed by atoms with Gasteiger partial charge in [-0.15, -0.1) is 0 Å². The van der Waals surface area contributed by atoms with Crippen LogP contribution in [0.5, 0.6) is 11.5 Å². The topological polar surface area (TPSA) is 168 Å². The lowest BCUT2D eigenvalue weighted by atomic mass is 10.0. The van der Waals surface area contributed by atoms with Gasteiger partial charge in [-0.2, -0.15) is 0 Å². The van der Waals surface area contributed by atoms with Gasteiger partial charge in [-0.1, -0.05) is 48.5 Å². The first-order valence-corrected chi connectivity index (χ1v) is 14.9. The Labute approximate surface area is 265 Å². The third-order valence-corrected chi connectivity index (χ3v) is 7.71. The molecular formula is C33H34N7O6+. The average molecular weight is 625 g/mol. The molecule has 3 aromatic carbocycles. The van der Waals surface area contributed by atoms with Crippen LogP contribution in [0.1, 0.15) is 31.2 Å². The number of para-hydroxylation sites is 1. The number of amides is 5. The van der Waals surface area contributed by atoms with Crippen molar-refractivity contribution in [1.82, 2.24) is 20.7 Å². The minimum Gasteiger partial charge on any atom is -0.504 e. The average Bonchev–Trinajstić information content (AvgIpc) is 3.18. The summed E-state index contributed by atoms with van der Waals surface area (Å²) in [5.74, 6) is -0.690. The van der Waals surface area contributed by atoms with Gasteiger partial charge in [-0.3, -0.25) is 19.4 Å². The van der Waals surface area contributed by atoms with Crippen LogP contribution in [0.15, 0.2) is 96.9 Å². The number of benzene rings is 3. The number of fused-ring (bicyclic) bond motifs is 1. The van der Waals surface area contributed by atoms with Gasteiger partial charge < -0.3 is 25.8 Å². The second-order valence-electron chi connectivity index (χ2n) is 10.9. The summed E-state index contributed by atoms with van der Waals surface area (Å²) in [6.45, 7) is 0.243. The fraction of sp³-hybridized carbons (Fsp3) is 0.273. The van der Waals surface area contributed by atoms with Gasteiger partial charge in [0, 0.05) is 25.1 Å². The summed E-state index contributed by atoms with van der Waals surface area (Å²) in [7, 11) is 0. The molecule has 13 heteroatoms. The lowest BCUT2D eigenvalue weighted by molar-refractivity contribution is -0.176. The summed E-state index contributed by atoms with van der Waals surface area (Å²) < 4.78 is 5.78. The molecule has 5 rings (SSSR count). The maximum atomic E-state index is 13.8. The summed E-state index contributed by atoms with van der Waals surface area (Å²) in [6, 6.07) is 21.2. The van der Waals surface area contributed by atoms with Crippen LogP contribution >= 0.6 is 0 Å². The van der Waals surface area contributed by atoms with Crippen molar-refractivity contribution in [3.63, 3.8) is 0 Å². The molecule has 2 aliphatic heterocycles. The lowest BCUT2D eigenvalue weighted by Crippen LogP contribution is -2.64. The van der Waals surface area contributed by atoms with Crippen LogP contribution in [0.2, 0.25) is 0 Å². The molecule has 2 heterocycles. The molecule has 2 saturated heterocycles. The highest BCUT2D eigenvalue weighted by Gasteiger charge is 2.45. The molecule has 2 fully saturated rings. The minimum atomic E-state index is -1.08. The Hall–Kier alpha value is -5.90. The number of ether oxygens (including phenoxy) is 1. The summed E-state index contributed by atoms with van der Waals surface area (Å²) in [5.41, 5.74) is 1.25. The van der Waals surface area contributed by atoms with Crippen LogP contribution in [0.3, 0.4) is 0 Å². The van der Waals surface area contributed by atoms with E-state index in [9.17, 15) is 24.3 Å². The second kappa shape index (κ2) is 14.7. The largest absolute Gasteiger partial charge is 0.504 e. The van der Waals surface area contributed by atoms with Gasteiger partial charge in [0.2, 0.25) is 23.0 Å². The zero-order valence-electron chi connectivity index (χ0n) is 24.9. The van der Waals surface area contributed by atoms with Crippen molar-refractivity contribution in [2.24, 2.45) is 0 Å². The Morgan fingerprint density at radius 2 is 1.65 bits per heavy atom. The van der Waals surface area contributed by atoms with Crippen LogP contribution in [0.25, 0.3) is 4.98 Å². The molecule has 13 nitrogen and oxygen atoms in total. The molecule has 3 atom stereocenters. The van der Waals surface area contributed by atoms with Crippen molar-refractivity contribution in [2.75, 3.05) is 11.9 Å². The first kappa shape index (κ1) is 31.5. The van der Waals surface area contributed by atoms with Crippen LogP contribution in [-0.2, 0) is 20.8 Å². The predicted molar refractivity (Wildman–Crippen MR) is 168 cm³/mol. The number of aliphatic hydroxyl groups excluding tert-OH is 1. The summed E-state index contributed by atoms with van der Waals surface area (Å²) in [6.07, 6.45) is 1.76. The predicted octanol–water partition coefficient (Wildman–Crippen LogP) is 4.48. The molecule has 0 unspecified atom stereocenters. The monoisotopic (exact) mass is 624 g/mol. The van der Waals surface area contributed by atoms with Crippen molar-refractivity contribution >= 4 is 29.4 Å². The number of nitrogens with one attached hydrogen (secondary N) is 3. The SMILES string of the molecule is N#[N+]/C=C(\O)[C@H](Cc1ccccc1)NC(=O)[C@@H]1CCCN2C(=O)CC[C@H](NC(=O)Nc3ccc(Oc4ccccc4)cc3)C(=O)N12. The molecule has 236 valence electrons. The van der Waals surface area contributed by atoms with E-state index in [1.807, 2.05) is 60.7 Å². The Balaban J connectivity index is 1.27. The number of carbonyl (C=O) groups excluding carboxylic acids is 4. The Morgan fingerprint density at radius 3 is 2.35 bits per heavy atom. The van der Waals surface area contributed by atoms with Gasteiger partial charge in [0.25, 0.3) is 5.91 Å². The summed E-state index contributed by atoms with van der Waals surface area (Å²) in [4.78, 5) is 56.4. The smallest absolute Gasteiger partial charge is 0.389 e. The van der Waals surface area contributed by atoms with E-state index < -0.39 is 36.0 Å². The van der Waals surface area contributed by atoms with Crippen LogP contribution in [0.4, 0.5) is 10.5 Å². The van der Waals surface area contributed by atoms with Crippen molar-refractivity contribution in [1.29, 1.82) is 5.39 Å². The molecule has 46 heavy (non-hydrogen) atoms. The van der Waals surface area contributed by atoms with E-state index >= 15 is 0 Å². The maximum Gasteiger partial charge on any atom is 0.389 e. The van der Waals surface area contributed by atoms with E-state index in [4.69, 9.17) is 10.1 Å². The zero-order valence-corrected chi connectivity index (χ0v) is 24.9. The molecule has 0 bridgehead atoms. The number of aliphatic hydroxyl groups is 1. The number of diazo groups is 1. The molecule has 3 aromatic rings. The molecule has 2 aliphatic rings. The van der Waals surface area contributed by atoms with Crippen molar-refractivity contribution in [3.05, 3.63) is 107 Å². The summed E-state index contributed by atoms with van der Waals surface area (Å²) in [5, 5.41) is 30.0. The van der Waals surface area contributed by atoms with Crippen LogP contribution in [-0.4, -0.2) is 63.5 Å². The molecule has 0 aliphatic carbocycles. The van der Waals surface area contributed by atoms with Crippen LogP contribution in [0, 0.1) is 5.39 Å². The standard InChI is InChI=1S/C33H33N7O6/c34-35-21-29(41)27(20-22-8-3-1-4-9-22)37-31(43)28-12-7-19-39-30(42)18-17-26(32(44)40(28)39)38-33(45)36-23-13-15-25(16-14-23)46-24-10-5-2-6-11-24/h1-6,8-11,13-16,21,26-28H,7,12,17-20H2,(H3-,36,37,38,41,43,45)/p+1/b29-21-/t26-,27-,28-/m0/s1. The first-order valence-electron chi connectivity index (χ1n) is 14.9. The quantitative estimate of drug-likeness (QED) is 0.201. The number of hydrogen-bond acceptors (Lipinski definition) is 7. The number of nitrogens with zero attached hydrogens (tertiary/aromatic N) is 4. The molecular weight excluding hydrogens is 590 g/mol. The third-order valence-electron chi connectivity index (χ3n) is 7.71. The van der Waals surface area contributed by atoms with Gasteiger partial charge in [0.15, 0.2) is 4.98 Å². The lowest BCUT2D eigenvalue weighted by Gasteiger charge is -2.43. The van der Waals surface area contributed by atoms with Crippen molar-refractivity contribution < 1.29 is 29.0 Å². The van der Waals surface area contributed by atoms with Gasteiger partial charge in [0.05, 0.1) is 6.04 Å². The maximum absolute atomic E-state index is 13.8. The molecule has 4 N–H and O–H groups in total. The van der Waals surface area contributed by atoms with Gasteiger partial charge in [0.1, 0.15) is 23.6 Å². The highest BCUT2D eigenvalue weighted by atomic mass is 16.5. The number of hydrazine groups is 1. The molecule has 0 aromatic heterocycles. The number of urea groups is 1. The molecule has 0 spiro atoms. The Kier molecular flexibility index (Phi) is 10.1. The fourth-order valence-electron chi connectivity index (χ4n) is 5.46. The Morgan fingerprint density at radius 1 is 0.978 bits per heavy atom. The summed E-state index contributed by atoms with van der Waals surface area (Å²) >= 11 is 0. The number of rotatable bonds is 9. The van der Waals surface area contributed by atoms with Crippen molar-refractivity contribution in [2.45, 2.75) is 50.2 Å². The first-order chi connectivity index (χ1) is 22.3. The van der Waals surface area contributed by atoms with E-state index in [0.717, 1.165) is 16.8 Å². The van der Waals surface area contributed by atoms with E-state index in [-0.39, 0.29) is 43.9 Å². The van der Waals surface area contributed by atoms with E-state index in [0.29, 0.717) is 23.6 Å². The van der Waals surface area contributed by atoms with E-state index in [2.05, 4.69) is 20.9 Å². The highest BCUT2D eigenvalue weighted by Crippen LogP contribution is 2.26. The Bertz CT molecular complexity index is 1630. The van der Waals surface area contributed by atoms with Gasteiger partial charge in [-0.25, -0.2) is 9.80 Å². The molecule has 5 amide bonds. The normalized spacial score (nSPS) is 18.8. The minimum absolute atomic E-state index is 0.00872. The second-order valence-corrected chi connectivity index (χ2v) is 10.9. The van der Waals surface area contributed by atoms with E-state index in [1.165, 1.54) is 5.01 Å². The van der Waals surface area contributed by atoms with Gasteiger partial charge in [-0.05, 0) is 61.2 Å². The third kappa shape index (κ3) is 7.78. The molecule has 0 radical (unpaired) electrons. The highest BCUT2D eigenvalue weighted by molar-refractivity contribution is 5.97.